The minimum absolute atomic E-state index is 0.106. The smallest absolute Gasteiger partial charge is 0.233 e. The van der Waals surface area contributed by atoms with Crippen LogP contribution >= 0.6 is 23.1 Å². The largest absolute Gasteiger partial charge is 0.356 e. The van der Waals surface area contributed by atoms with Crippen molar-refractivity contribution in [2.75, 3.05) is 5.32 Å². The number of amides is 1. The lowest BCUT2D eigenvalue weighted by Crippen LogP contribution is -2.43. The summed E-state index contributed by atoms with van der Waals surface area (Å²) < 4.78 is 0.825. The normalized spacial score (nSPS) is 25.4. The molecule has 2 N–H and O–H groups in total. The molecule has 7 heteroatoms. The Bertz CT molecular complexity index is 797. The third-order valence-electron chi connectivity index (χ3n) is 6.14. The molecule has 5 atom stereocenters. The topological polar surface area (TPSA) is 66.9 Å². The summed E-state index contributed by atoms with van der Waals surface area (Å²) in [6, 6.07) is 10.5. The third kappa shape index (κ3) is 4.69. The van der Waals surface area contributed by atoms with Crippen molar-refractivity contribution in [3.05, 3.63) is 35.9 Å². The number of nitrogens with zero attached hydrogens (tertiary/aromatic N) is 2. The number of anilines is 1. The molecule has 2 bridgehead atoms. The highest BCUT2D eigenvalue weighted by Crippen LogP contribution is 2.49. The van der Waals surface area contributed by atoms with Crippen molar-refractivity contribution in [3.8, 4) is 0 Å². The van der Waals surface area contributed by atoms with Crippen LogP contribution < -0.4 is 10.6 Å². The lowest BCUT2D eigenvalue weighted by Gasteiger charge is -2.29. The molecule has 1 aromatic heterocycles. The summed E-state index contributed by atoms with van der Waals surface area (Å²) in [7, 11) is 0. The number of fused-ring (bicyclic) bond motifs is 2. The summed E-state index contributed by atoms with van der Waals surface area (Å²) >= 11 is 2.99. The van der Waals surface area contributed by atoms with Gasteiger partial charge in [0.05, 0.1) is 5.25 Å². The van der Waals surface area contributed by atoms with E-state index in [1.165, 1.54) is 54.3 Å². The zero-order valence-electron chi connectivity index (χ0n) is 16.4. The lowest BCUT2D eigenvalue weighted by molar-refractivity contribution is -0.121. The Morgan fingerprint density at radius 3 is 2.75 bits per heavy atom. The fourth-order valence-electron chi connectivity index (χ4n) is 4.66. The molecule has 4 rings (SSSR count). The van der Waals surface area contributed by atoms with Crippen LogP contribution in [0.4, 0.5) is 5.13 Å². The first-order valence-electron chi connectivity index (χ1n) is 10.2. The number of aromatic nitrogens is 2. The Morgan fingerprint density at radius 1 is 1.21 bits per heavy atom. The van der Waals surface area contributed by atoms with E-state index in [1.807, 2.05) is 25.1 Å². The Hall–Kier alpha value is -1.60. The van der Waals surface area contributed by atoms with Gasteiger partial charge in [0, 0.05) is 12.6 Å². The van der Waals surface area contributed by atoms with E-state index >= 15 is 0 Å². The van der Waals surface area contributed by atoms with E-state index in [4.69, 9.17) is 0 Å². The molecule has 2 aliphatic rings. The predicted octanol–water partition coefficient (Wildman–Crippen LogP) is 4.57. The highest BCUT2D eigenvalue weighted by atomic mass is 32.2. The van der Waals surface area contributed by atoms with Crippen molar-refractivity contribution in [1.29, 1.82) is 0 Å². The van der Waals surface area contributed by atoms with E-state index in [-0.39, 0.29) is 17.2 Å². The van der Waals surface area contributed by atoms with Crippen molar-refractivity contribution < 1.29 is 4.79 Å². The number of benzene rings is 1. The van der Waals surface area contributed by atoms with Crippen molar-refractivity contribution in [2.24, 2.45) is 17.8 Å². The molecule has 0 spiro atoms. The van der Waals surface area contributed by atoms with Crippen LogP contribution in [0.15, 0.2) is 34.7 Å². The molecule has 150 valence electrons. The zero-order chi connectivity index (χ0) is 19.5. The van der Waals surface area contributed by atoms with Crippen LogP contribution in [0.3, 0.4) is 0 Å². The summed E-state index contributed by atoms with van der Waals surface area (Å²) in [6.07, 6.45) is 5.41. The fraction of sp³-hybridized carbons (Fsp3) is 0.571. The van der Waals surface area contributed by atoms with E-state index < -0.39 is 0 Å². The maximum absolute atomic E-state index is 12.6. The van der Waals surface area contributed by atoms with Crippen LogP contribution in [0.1, 0.15) is 45.1 Å². The van der Waals surface area contributed by atoms with Gasteiger partial charge in [0.25, 0.3) is 0 Å². The third-order valence-corrected chi connectivity index (χ3v) is 8.21. The Balaban J connectivity index is 1.24. The van der Waals surface area contributed by atoms with Gasteiger partial charge in [-0.15, -0.1) is 10.2 Å². The summed E-state index contributed by atoms with van der Waals surface area (Å²) in [4.78, 5) is 12.6. The first-order valence-corrected chi connectivity index (χ1v) is 11.9. The van der Waals surface area contributed by atoms with Crippen molar-refractivity contribution in [2.45, 2.75) is 61.7 Å². The number of carbonyl (C=O) groups is 1. The van der Waals surface area contributed by atoms with Gasteiger partial charge in [0.2, 0.25) is 11.0 Å². The van der Waals surface area contributed by atoms with Gasteiger partial charge in [0.15, 0.2) is 4.34 Å². The minimum atomic E-state index is -0.170. The molecule has 5 nitrogen and oxygen atoms in total. The molecule has 2 aliphatic carbocycles. The second-order valence-corrected chi connectivity index (χ2v) is 10.7. The zero-order valence-corrected chi connectivity index (χ0v) is 18.1. The monoisotopic (exact) mass is 416 g/mol. The highest BCUT2D eigenvalue weighted by molar-refractivity contribution is 8.02. The molecule has 1 amide bonds. The molecule has 0 saturated heterocycles. The van der Waals surface area contributed by atoms with Crippen LogP contribution in [0, 0.1) is 17.8 Å². The molecule has 0 radical (unpaired) electrons. The number of carbonyl (C=O) groups excluding carboxylic acids is 1. The van der Waals surface area contributed by atoms with Crippen molar-refractivity contribution >= 4 is 34.1 Å². The number of thioether (sulfide) groups is 1. The minimum Gasteiger partial charge on any atom is -0.356 e. The van der Waals surface area contributed by atoms with Crippen LogP contribution in [0.2, 0.25) is 0 Å². The van der Waals surface area contributed by atoms with Gasteiger partial charge in [-0.25, -0.2) is 0 Å². The molecule has 0 aliphatic heterocycles. The molecular formula is C21H28N4OS2. The number of hydrogen-bond donors (Lipinski definition) is 2. The van der Waals surface area contributed by atoms with E-state index in [2.05, 4.69) is 39.9 Å². The number of rotatable bonds is 8. The predicted molar refractivity (Wildman–Crippen MR) is 116 cm³/mol. The summed E-state index contributed by atoms with van der Waals surface area (Å²) in [5.74, 6) is 2.50. The first kappa shape index (κ1) is 19.7. The summed E-state index contributed by atoms with van der Waals surface area (Å²) in [5, 5.41) is 15.6. The van der Waals surface area contributed by atoms with Crippen LogP contribution in [-0.4, -0.2) is 27.4 Å². The second-order valence-electron chi connectivity index (χ2n) is 8.11. The van der Waals surface area contributed by atoms with E-state index in [0.717, 1.165) is 27.9 Å². The second kappa shape index (κ2) is 8.82. The summed E-state index contributed by atoms with van der Waals surface area (Å²) in [5.41, 5.74) is 1.20. The van der Waals surface area contributed by atoms with E-state index in [0.29, 0.717) is 5.92 Å². The van der Waals surface area contributed by atoms with Gasteiger partial charge in [-0.05, 0) is 56.4 Å². The average molecular weight is 417 g/mol. The average Bonchev–Trinajstić information content (AvgIpc) is 3.44. The molecule has 2 fully saturated rings. The Labute approximate surface area is 175 Å². The first-order chi connectivity index (χ1) is 13.6. The Morgan fingerprint density at radius 2 is 2.04 bits per heavy atom. The van der Waals surface area contributed by atoms with Crippen molar-refractivity contribution in [3.63, 3.8) is 0 Å². The van der Waals surface area contributed by atoms with Gasteiger partial charge < -0.3 is 10.6 Å². The maximum Gasteiger partial charge on any atom is 0.233 e. The van der Waals surface area contributed by atoms with Gasteiger partial charge in [-0.3, -0.25) is 4.79 Å². The molecule has 28 heavy (non-hydrogen) atoms. The van der Waals surface area contributed by atoms with Crippen molar-refractivity contribution in [1.82, 2.24) is 15.5 Å². The van der Waals surface area contributed by atoms with Gasteiger partial charge in [-0.2, -0.15) is 0 Å². The van der Waals surface area contributed by atoms with Gasteiger partial charge in [-0.1, -0.05) is 59.9 Å². The lowest BCUT2D eigenvalue weighted by atomic mass is 9.84. The quantitative estimate of drug-likeness (QED) is 0.617. The maximum atomic E-state index is 12.6. The fourth-order valence-corrected chi connectivity index (χ4v) is 6.56. The van der Waals surface area contributed by atoms with Gasteiger partial charge >= 0.3 is 0 Å². The Kier molecular flexibility index (Phi) is 6.21. The van der Waals surface area contributed by atoms with Crippen LogP contribution in [0.25, 0.3) is 0 Å². The van der Waals surface area contributed by atoms with E-state index in [1.54, 1.807) is 0 Å². The van der Waals surface area contributed by atoms with Crippen LogP contribution in [0.5, 0.6) is 0 Å². The van der Waals surface area contributed by atoms with Gasteiger partial charge in [0.1, 0.15) is 0 Å². The molecule has 2 saturated carbocycles. The standard InChI is InChI=1S/C21H28N4OS2/c1-13(18-11-16-8-9-17(18)10-16)23-19(26)14(2)27-21-25-24-20(28-21)22-12-15-6-4-3-5-7-15/h3-7,13-14,16-18H,8-12H2,1-2H3,(H,22,24)(H,23,26). The molecular weight excluding hydrogens is 388 g/mol. The molecule has 2 aromatic rings. The molecule has 5 unspecified atom stereocenters. The molecule has 1 heterocycles. The number of hydrogen-bond acceptors (Lipinski definition) is 6. The van der Waals surface area contributed by atoms with E-state index in [9.17, 15) is 4.79 Å². The molecule has 1 aromatic carbocycles. The SMILES string of the molecule is CC(Sc1nnc(NCc2ccccc2)s1)C(=O)NC(C)C1CC2CCC1C2. The van der Waals surface area contributed by atoms with Crippen LogP contribution in [-0.2, 0) is 11.3 Å². The highest BCUT2D eigenvalue weighted by Gasteiger charge is 2.42. The summed E-state index contributed by atoms with van der Waals surface area (Å²) in [6.45, 7) is 4.85. The number of nitrogens with one attached hydrogen (secondary N) is 2.